The third-order valence-electron chi connectivity index (χ3n) is 1.61. The van der Waals surface area contributed by atoms with E-state index in [1.165, 1.54) is 6.07 Å². The van der Waals surface area contributed by atoms with Crippen molar-refractivity contribution in [2.45, 2.75) is 11.3 Å². The van der Waals surface area contributed by atoms with E-state index in [2.05, 4.69) is 6.58 Å². The number of benzene rings is 1. The predicted molar refractivity (Wildman–Crippen MR) is 58.1 cm³/mol. The number of allylic oxidation sites excluding steroid dienone is 1. The van der Waals surface area contributed by atoms with Gasteiger partial charge in [-0.1, -0.05) is 24.3 Å². The summed E-state index contributed by atoms with van der Waals surface area (Å²) in [7, 11) is -4.10. The monoisotopic (exact) mass is 240 g/mol. The average Bonchev–Trinajstić information content (AvgIpc) is 2.04. The van der Waals surface area contributed by atoms with Crippen LogP contribution in [-0.4, -0.2) is 50.7 Å². The van der Waals surface area contributed by atoms with E-state index in [9.17, 15) is 8.42 Å². The third kappa shape index (κ3) is 3.71. The fourth-order valence-electron chi connectivity index (χ4n) is 1.08. The van der Waals surface area contributed by atoms with E-state index in [4.69, 9.17) is 4.55 Å². The summed E-state index contributed by atoms with van der Waals surface area (Å²) in [6.07, 6.45) is 2.01. The van der Waals surface area contributed by atoms with Crippen molar-refractivity contribution in [1.82, 2.24) is 0 Å². The fraction of sp³-hybridized carbons (Fsp3) is 0.111. The Morgan fingerprint density at radius 3 is 2.50 bits per heavy atom. The summed E-state index contributed by atoms with van der Waals surface area (Å²) < 4.78 is 30.5. The van der Waals surface area contributed by atoms with Gasteiger partial charge in [0.15, 0.2) is 0 Å². The van der Waals surface area contributed by atoms with E-state index in [0.29, 0.717) is 12.0 Å². The van der Waals surface area contributed by atoms with Crippen molar-refractivity contribution in [3.05, 3.63) is 42.5 Å². The van der Waals surface area contributed by atoms with Crippen LogP contribution in [0, 0.1) is 0 Å². The van der Waals surface area contributed by atoms with Crippen molar-refractivity contribution < 1.29 is 15.8 Å². The zero-order valence-corrected chi connectivity index (χ0v) is 10.7. The Balaban J connectivity index is -0.000000563. The van der Waals surface area contributed by atoms with E-state index in [-0.39, 0.29) is 45.5 Å². The van der Waals surface area contributed by atoms with Crippen LogP contribution in [0.3, 0.4) is 0 Å². The molecule has 0 aliphatic heterocycles. The summed E-state index contributed by atoms with van der Waals surface area (Å²) in [5, 5.41) is 0. The zero-order chi connectivity index (χ0) is 9.90. The number of hydrogen-bond acceptors (Lipinski definition) is 2. The molecule has 1 aromatic carbocycles. The Hall–Kier alpha value is 0.130. The van der Waals surface area contributed by atoms with Crippen LogP contribution in [0.2, 0.25) is 0 Å². The van der Waals surface area contributed by atoms with Crippen molar-refractivity contribution in [3.8, 4) is 0 Å². The Labute approximate surface area is 117 Å². The quantitative estimate of drug-likeness (QED) is 0.495. The van der Waals surface area contributed by atoms with Crippen molar-refractivity contribution in [3.63, 3.8) is 0 Å². The molecule has 0 bridgehead atoms. The van der Waals surface area contributed by atoms with Gasteiger partial charge in [0.1, 0.15) is 0 Å². The summed E-state index contributed by atoms with van der Waals surface area (Å²) in [5.74, 6) is 0. The molecular weight excluding hydrogens is 228 g/mol. The van der Waals surface area contributed by atoms with E-state index in [1.54, 1.807) is 24.3 Å². The Morgan fingerprint density at radius 1 is 1.43 bits per heavy atom. The van der Waals surface area contributed by atoms with Crippen LogP contribution < -0.4 is 0 Å². The van der Waals surface area contributed by atoms with Crippen LogP contribution in [0.15, 0.2) is 41.8 Å². The first-order valence-electron chi connectivity index (χ1n) is 3.72. The van der Waals surface area contributed by atoms with Crippen molar-refractivity contribution in [2.75, 3.05) is 0 Å². The molecule has 0 fully saturated rings. The van der Waals surface area contributed by atoms with Crippen molar-refractivity contribution in [1.29, 1.82) is 0 Å². The molecule has 74 valence electrons. The van der Waals surface area contributed by atoms with Crippen LogP contribution in [0.1, 0.15) is 8.42 Å². The van der Waals surface area contributed by atoms with Gasteiger partial charge in [0, 0.05) is 0 Å². The Bertz CT molecular complexity index is 421. The topological polar surface area (TPSA) is 54.4 Å². The molecule has 1 rings (SSSR count). The first kappa shape index (κ1) is 14.1. The van der Waals surface area contributed by atoms with Crippen LogP contribution in [0.5, 0.6) is 0 Å². The minimum absolute atomic E-state index is 0. The second-order valence-corrected chi connectivity index (χ2v) is 3.97. The molecular formula is C9H12CaO3S. The minimum atomic E-state index is -4.10. The van der Waals surface area contributed by atoms with Gasteiger partial charge in [0.25, 0.3) is 10.1 Å². The maximum Gasteiger partial charge on any atom is 2.00 e. The largest absolute Gasteiger partial charge is 2.00 e. The van der Waals surface area contributed by atoms with Crippen molar-refractivity contribution in [2.24, 2.45) is 0 Å². The van der Waals surface area contributed by atoms with Crippen LogP contribution >= 0.6 is 0 Å². The van der Waals surface area contributed by atoms with Crippen molar-refractivity contribution >= 4 is 47.9 Å². The standard InChI is InChI=1S/C9H10O3S.Ca.2H/c1-2-5-8-6-3-4-7-9(8)13(10,11)12;;;/h2-4,6-7H,1,5H2,(H,10,11,12);;;/q;+2;2*-1. The molecule has 0 saturated carbocycles. The Morgan fingerprint density at radius 2 is 2.00 bits per heavy atom. The molecule has 0 aliphatic rings. The maximum atomic E-state index is 10.8. The summed E-state index contributed by atoms with van der Waals surface area (Å²) in [6.45, 7) is 3.50. The first-order chi connectivity index (χ1) is 6.05. The number of hydrogen-bond donors (Lipinski definition) is 1. The van der Waals surface area contributed by atoms with Gasteiger partial charge < -0.3 is 2.85 Å². The molecule has 3 nitrogen and oxygen atoms in total. The van der Waals surface area contributed by atoms with Crippen LogP contribution in [0.4, 0.5) is 0 Å². The van der Waals surface area contributed by atoms with Gasteiger partial charge in [-0.2, -0.15) is 8.42 Å². The van der Waals surface area contributed by atoms with Gasteiger partial charge in [-0.15, -0.1) is 6.58 Å². The van der Waals surface area contributed by atoms with Crippen LogP contribution in [-0.2, 0) is 16.5 Å². The zero-order valence-electron chi connectivity index (χ0n) is 9.68. The molecule has 0 heterocycles. The van der Waals surface area contributed by atoms with E-state index >= 15 is 0 Å². The molecule has 1 N–H and O–H groups in total. The van der Waals surface area contributed by atoms with Crippen LogP contribution in [0.25, 0.3) is 0 Å². The van der Waals surface area contributed by atoms with Gasteiger partial charge in [0.2, 0.25) is 0 Å². The molecule has 0 radical (unpaired) electrons. The summed E-state index contributed by atoms with van der Waals surface area (Å²) in [4.78, 5) is -0.0464. The SMILES string of the molecule is C=CCc1ccccc1S(=O)(=O)O.[Ca+2].[H-].[H-]. The summed E-state index contributed by atoms with van der Waals surface area (Å²) >= 11 is 0. The van der Waals surface area contributed by atoms with Gasteiger partial charge in [-0.3, -0.25) is 4.55 Å². The van der Waals surface area contributed by atoms with E-state index in [1.807, 2.05) is 0 Å². The molecule has 0 amide bonds. The second-order valence-electron chi connectivity index (χ2n) is 2.58. The fourth-order valence-corrected chi connectivity index (χ4v) is 1.81. The minimum Gasteiger partial charge on any atom is -1.00 e. The summed E-state index contributed by atoms with van der Waals surface area (Å²) in [6, 6.07) is 6.29. The molecule has 0 atom stereocenters. The van der Waals surface area contributed by atoms with Gasteiger partial charge in [-0.25, -0.2) is 0 Å². The first-order valence-corrected chi connectivity index (χ1v) is 5.16. The molecule has 5 heteroatoms. The molecule has 0 unspecified atom stereocenters. The maximum absolute atomic E-state index is 10.8. The molecule has 14 heavy (non-hydrogen) atoms. The molecule has 0 aliphatic carbocycles. The summed E-state index contributed by atoms with van der Waals surface area (Å²) in [5.41, 5.74) is 0.556. The molecule has 0 spiro atoms. The van der Waals surface area contributed by atoms with E-state index < -0.39 is 10.1 Å². The number of rotatable bonds is 3. The molecule has 0 aromatic heterocycles. The normalized spacial score (nSPS) is 10.4. The van der Waals surface area contributed by atoms with E-state index in [0.717, 1.165) is 0 Å². The van der Waals surface area contributed by atoms with Gasteiger partial charge in [0.05, 0.1) is 4.90 Å². The average molecular weight is 240 g/mol. The van der Waals surface area contributed by atoms with Gasteiger partial charge >= 0.3 is 37.7 Å². The second kappa shape index (κ2) is 5.88. The molecule has 0 saturated heterocycles. The predicted octanol–water partition coefficient (Wildman–Crippen LogP) is 1.51. The smallest absolute Gasteiger partial charge is 1.00 e. The van der Waals surface area contributed by atoms with Gasteiger partial charge in [-0.05, 0) is 18.1 Å². The molecule has 1 aromatic rings. The third-order valence-corrected chi connectivity index (χ3v) is 2.57. The Kier molecular flexibility index (Phi) is 5.93.